The van der Waals surface area contributed by atoms with Gasteiger partial charge in [-0.15, -0.1) is 0 Å². The average molecular weight is 324 g/mol. The number of hydrogen-bond acceptors (Lipinski definition) is 2. The smallest absolute Gasteiger partial charge is 0.321 e. The van der Waals surface area contributed by atoms with Gasteiger partial charge in [-0.2, -0.15) is 0 Å². The van der Waals surface area contributed by atoms with Crippen LogP contribution in [0.5, 0.6) is 5.75 Å². The molecule has 0 saturated carbocycles. The first-order valence-electron chi connectivity index (χ1n) is 8.48. The monoisotopic (exact) mass is 324 g/mol. The van der Waals surface area contributed by atoms with Crippen molar-refractivity contribution in [2.75, 3.05) is 24.6 Å². The molecule has 3 rings (SSSR count). The molecule has 2 aromatic rings. The van der Waals surface area contributed by atoms with Crippen LogP contribution in [0.2, 0.25) is 0 Å². The molecule has 0 spiro atoms. The lowest BCUT2D eigenvalue weighted by molar-refractivity contribution is 0.241. The molecule has 0 aliphatic carbocycles. The van der Waals surface area contributed by atoms with Crippen molar-refractivity contribution < 1.29 is 9.53 Å². The summed E-state index contributed by atoms with van der Waals surface area (Å²) in [4.78, 5) is 14.3. The zero-order chi connectivity index (χ0) is 16.9. The van der Waals surface area contributed by atoms with Crippen LogP contribution < -0.4 is 15.0 Å². The minimum Gasteiger partial charge on any atom is -0.492 e. The molecule has 2 aromatic carbocycles. The summed E-state index contributed by atoms with van der Waals surface area (Å²) in [6.07, 6.45) is 2.04. The maximum absolute atomic E-state index is 12.4. The Hall–Kier alpha value is -2.49. The highest BCUT2D eigenvalue weighted by Crippen LogP contribution is 2.26. The van der Waals surface area contributed by atoms with E-state index in [4.69, 9.17) is 4.74 Å². The molecular formula is C20H24N2O2. The molecule has 0 bridgehead atoms. The number of anilines is 1. The van der Waals surface area contributed by atoms with E-state index in [0.29, 0.717) is 13.2 Å². The number of amides is 2. The molecule has 0 unspecified atom stereocenters. The number of para-hydroxylation sites is 1. The Balaban J connectivity index is 1.50. The lowest BCUT2D eigenvalue weighted by atomic mass is 10.0. The third-order valence-electron chi connectivity index (χ3n) is 4.48. The Morgan fingerprint density at radius 3 is 2.83 bits per heavy atom. The van der Waals surface area contributed by atoms with E-state index < -0.39 is 0 Å². The largest absolute Gasteiger partial charge is 0.492 e. The number of urea groups is 1. The van der Waals surface area contributed by atoms with Crippen molar-refractivity contribution in [2.45, 2.75) is 26.7 Å². The molecule has 0 fully saturated rings. The number of nitrogens with one attached hydrogen (secondary N) is 1. The number of aryl methyl sites for hydroxylation is 3. The number of carbonyl (C=O) groups is 1. The van der Waals surface area contributed by atoms with Gasteiger partial charge in [-0.1, -0.05) is 24.3 Å². The van der Waals surface area contributed by atoms with Crippen molar-refractivity contribution in [3.05, 3.63) is 59.2 Å². The molecule has 2 amide bonds. The second-order valence-electron chi connectivity index (χ2n) is 6.21. The molecular weight excluding hydrogens is 300 g/mol. The number of nitrogens with zero attached hydrogens (tertiary/aromatic N) is 1. The maximum Gasteiger partial charge on any atom is 0.321 e. The van der Waals surface area contributed by atoms with Crippen LogP contribution in [0.1, 0.15) is 23.1 Å². The highest BCUT2D eigenvalue weighted by Gasteiger charge is 2.21. The maximum atomic E-state index is 12.4. The van der Waals surface area contributed by atoms with E-state index in [1.54, 1.807) is 0 Å². The highest BCUT2D eigenvalue weighted by molar-refractivity contribution is 5.93. The summed E-state index contributed by atoms with van der Waals surface area (Å²) in [5, 5.41) is 2.95. The van der Waals surface area contributed by atoms with Crippen LogP contribution in [-0.2, 0) is 6.42 Å². The molecule has 4 nitrogen and oxygen atoms in total. The van der Waals surface area contributed by atoms with Crippen LogP contribution in [0, 0.1) is 13.8 Å². The standard InChI is InChI=1S/C20H24N2O2/c1-15-9-10-18(14-16(15)2)24-13-11-21-20(23)22-12-5-7-17-6-3-4-8-19(17)22/h3-4,6,8-10,14H,5,7,11-13H2,1-2H3,(H,21,23). The Labute approximate surface area is 143 Å². The lowest BCUT2D eigenvalue weighted by Gasteiger charge is -2.29. The van der Waals surface area contributed by atoms with Gasteiger partial charge in [-0.05, 0) is 61.6 Å². The van der Waals surface area contributed by atoms with E-state index in [2.05, 4.69) is 25.2 Å². The molecule has 0 radical (unpaired) electrons. The molecule has 1 heterocycles. The van der Waals surface area contributed by atoms with Crippen molar-refractivity contribution in [3.8, 4) is 5.75 Å². The first-order chi connectivity index (χ1) is 11.6. The zero-order valence-electron chi connectivity index (χ0n) is 14.3. The quantitative estimate of drug-likeness (QED) is 0.868. The van der Waals surface area contributed by atoms with E-state index in [-0.39, 0.29) is 6.03 Å². The van der Waals surface area contributed by atoms with E-state index >= 15 is 0 Å². The lowest BCUT2D eigenvalue weighted by Crippen LogP contribution is -2.44. The van der Waals surface area contributed by atoms with E-state index in [9.17, 15) is 4.79 Å². The molecule has 0 saturated heterocycles. The van der Waals surface area contributed by atoms with Crippen molar-refractivity contribution in [1.29, 1.82) is 0 Å². The fourth-order valence-corrected chi connectivity index (χ4v) is 2.97. The number of benzene rings is 2. The summed E-state index contributed by atoms with van der Waals surface area (Å²) in [5.74, 6) is 0.843. The van der Waals surface area contributed by atoms with Gasteiger partial charge in [0.25, 0.3) is 0 Å². The molecule has 1 aliphatic rings. The first kappa shape index (κ1) is 16.4. The van der Waals surface area contributed by atoms with E-state index in [0.717, 1.165) is 30.8 Å². The highest BCUT2D eigenvalue weighted by atomic mass is 16.5. The minimum absolute atomic E-state index is 0.0502. The number of fused-ring (bicyclic) bond motifs is 1. The van der Waals surface area contributed by atoms with Crippen LogP contribution in [0.4, 0.5) is 10.5 Å². The van der Waals surface area contributed by atoms with Crippen molar-refractivity contribution in [2.24, 2.45) is 0 Å². The third kappa shape index (κ3) is 3.70. The molecule has 0 aromatic heterocycles. The summed E-state index contributed by atoms with van der Waals surface area (Å²) >= 11 is 0. The van der Waals surface area contributed by atoms with E-state index in [1.165, 1.54) is 16.7 Å². The first-order valence-corrected chi connectivity index (χ1v) is 8.48. The second-order valence-corrected chi connectivity index (χ2v) is 6.21. The molecule has 1 N–H and O–H groups in total. The van der Waals surface area contributed by atoms with Gasteiger partial charge >= 0.3 is 6.03 Å². The van der Waals surface area contributed by atoms with Crippen LogP contribution >= 0.6 is 0 Å². The van der Waals surface area contributed by atoms with Gasteiger partial charge in [0.1, 0.15) is 12.4 Å². The number of rotatable bonds is 4. The Bertz CT molecular complexity index is 727. The van der Waals surface area contributed by atoms with Crippen LogP contribution in [0.25, 0.3) is 0 Å². The summed E-state index contributed by atoms with van der Waals surface area (Å²) < 4.78 is 5.72. The normalized spacial score (nSPS) is 13.3. The predicted molar refractivity (Wildman–Crippen MR) is 96.9 cm³/mol. The summed E-state index contributed by atoms with van der Waals surface area (Å²) in [6.45, 7) is 5.86. The van der Waals surface area contributed by atoms with Gasteiger partial charge in [0.2, 0.25) is 0 Å². The van der Waals surface area contributed by atoms with Crippen molar-refractivity contribution in [3.63, 3.8) is 0 Å². The summed E-state index contributed by atoms with van der Waals surface area (Å²) in [5.41, 5.74) is 4.72. The third-order valence-corrected chi connectivity index (χ3v) is 4.48. The molecule has 126 valence electrons. The molecule has 0 atom stereocenters. The van der Waals surface area contributed by atoms with E-state index in [1.807, 2.05) is 41.3 Å². The van der Waals surface area contributed by atoms with Gasteiger partial charge in [0.15, 0.2) is 0 Å². The minimum atomic E-state index is -0.0502. The fourth-order valence-electron chi connectivity index (χ4n) is 2.97. The average Bonchev–Trinajstić information content (AvgIpc) is 2.61. The zero-order valence-corrected chi connectivity index (χ0v) is 14.3. The summed E-state index contributed by atoms with van der Waals surface area (Å²) in [6, 6.07) is 14.1. The topological polar surface area (TPSA) is 41.6 Å². The fraction of sp³-hybridized carbons (Fsp3) is 0.350. The Morgan fingerprint density at radius 2 is 2.00 bits per heavy atom. The molecule has 1 aliphatic heterocycles. The van der Waals surface area contributed by atoms with Crippen LogP contribution in [0.3, 0.4) is 0 Å². The van der Waals surface area contributed by atoms with Gasteiger partial charge in [-0.3, -0.25) is 4.90 Å². The van der Waals surface area contributed by atoms with Gasteiger partial charge in [-0.25, -0.2) is 4.79 Å². The summed E-state index contributed by atoms with van der Waals surface area (Å²) in [7, 11) is 0. The van der Waals surface area contributed by atoms with Crippen molar-refractivity contribution >= 4 is 11.7 Å². The molecule has 4 heteroatoms. The number of hydrogen-bond donors (Lipinski definition) is 1. The SMILES string of the molecule is Cc1ccc(OCCNC(=O)N2CCCc3ccccc32)cc1C. The van der Waals surface area contributed by atoms with Crippen LogP contribution in [0.15, 0.2) is 42.5 Å². The Kier molecular flexibility index (Phi) is 5.04. The van der Waals surface area contributed by atoms with Crippen molar-refractivity contribution in [1.82, 2.24) is 5.32 Å². The van der Waals surface area contributed by atoms with Gasteiger partial charge in [0.05, 0.1) is 6.54 Å². The van der Waals surface area contributed by atoms with Gasteiger partial charge in [0, 0.05) is 12.2 Å². The number of ether oxygens (including phenoxy) is 1. The van der Waals surface area contributed by atoms with Gasteiger partial charge < -0.3 is 10.1 Å². The Morgan fingerprint density at radius 1 is 1.17 bits per heavy atom. The molecule has 24 heavy (non-hydrogen) atoms. The second kappa shape index (κ2) is 7.39. The van der Waals surface area contributed by atoms with Crippen LogP contribution in [-0.4, -0.2) is 25.7 Å². The number of carbonyl (C=O) groups excluding carboxylic acids is 1. The predicted octanol–water partition coefficient (Wildman–Crippen LogP) is 3.84.